The highest BCUT2D eigenvalue weighted by atomic mass is 32.2. The summed E-state index contributed by atoms with van der Waals surface area (Å²) in [5.41, 5.74) is 0.471. The maximum atomic E-state index is 13.8. The average molecular weight is 453 g/mol. The Morgan fingerprint density at radius 3 is 2.67 bits per heavy atom. The van der Waals surface area contributed by atoms with Gasteiger partial charge < -0.3 is 9.64 Å². The van der Waals surface area contributed by atoms with E-state index in [1.54, 1.807) is 5.38 Å². The fourth-order valence-corrected chi connectivity index (χ4v) is 4.78. The number of thiazole rings is 1. The highest BCUT2D eigenvalue weighted by molar-refractivity contribution is 7.93. The van der Waals surface area contributed by atoms with E-state index in [1.807, 2.05) is 0 Å². The molecule has 1 amide bonds. The number of benzene rings is 2. The number of hydrogen-bond donors (Lipinski definition) is 1. The van der Waals surface area contributed by atoms with Gasteiger partial charge in [-0.05, 0) is 36.4 Å². The molecule has 3 aromatic rings. The summed E-state index contributed by atoms with van der Waals surface area (Å²) in [7, 11) is -3.80. The summed E-state index contributed by atoms with van der Waals surface area (Å²) >= 11 is 1.15. The van der Waals surface area contributed by atoms with E-state index >= 15 is 0 Å². The molecule has 1 fully saturated rings. The SMILES string of the molecule is O=C1C(Oc2cc(F)ccc2F)CCN1c1ccc(S(=O)(=O)Nc2nccs2)cc1.[HH]. The fourth-order valence-electron chi connectivity index (χ4n) is 2.99. The van der Waals surface area contributed by atoms with E-state index in [1.165, 1.54) is 35.4 Å². The van der Waals surface area contributed by atoms with E-state index in [0.717, 1.165) is 29.5 Å². The van der Waals surface area contributed by atoms with Crippen LogP contribution in [0, 0.1) is 11.6 Å². The van der Waals surface area contributed by atoms with Gasteiger partial charge in [-0.15, -0.1) is 11.3 Å². The van der Waals surface area contributed by atoms with Gasteiger partial charge in [-0.3, -0.25) is 9.52 Å². The Bertz CT molecular complexity index is 1180. The Hall–Kier alpha value is -3.05. The quantitative estimate of drug-likeness (QED) is 0.616. The number of ether oxygens (including phenoxy) is 1. The van der Waals surface area contributed by atoms with Gasteiger partial charge in [0.15, 0.2) is 22.8 Å². The minimum Gasteiger partial charge on any atom is -0.477 e. The lowest BCUT2D eigenvalue weighted by molar-refractivity contribution is -0.122. The van der Waals surface area contributed by atoms with E-state index in [2.05, 4.69) is 9.71 Å². The molecule has 158 valence electrons. The fraction of sp³-hybridized carbons (Fsp3) is 0.158. The number of aromatic nitrogens is 1. The van der Waals surface area contributed by atoms with E-state index in [0.29, 0.717) is 12.2 Å². The first-order valence-electron chi connectivity index (χ1n) is 8.79. The van der Waals surface area contributed by atoms with Gasteiger partial charge in [0.25, 0.3) is 15.9 Å². The van der Waals surface area contributed by atoms with Crippen LogP contribution in [0.1, 0.15) is 7.85 Å². The predicted octanol–water partition coefficient (Wildman–Crippen LogP) is 3.65. The zero-order chi connectivity index (χ0) is 21.3. The second-order valence-corrected chi connectivity index (χ2v) is 8.97. The lowest BCUT2D eigenvalue weighted by Crippen LogP contribution is -2.32. The van der Waals surface area contributed by atoms with Crippen molar-refractivity contribution in [2.45, 2.75) is 17.4 Å². The molecule has 1 aliphatic heterocycles. The summed E-state index contributed by atoms with van der Waals surface area (Å²) in [6.45, 7) is 0.296. The summed E-state index contributed by atoms with van der Waals surface area (Å²) in [5, 5.41) is 1.90. The van der Waals surface area contributed by atoms with Crippen LogP contribution in [0.2, 0.25) is 0 Å². The van der Waals surface area contributed by atoms with Crippen LogP contribution in [-0.2, 0) is 14.8 Å². The number of amides is 1. The normalized spacial score (nSPS) is 16.7. The van der Waals surface area contributed by atoms with Crippen molar-refractivity contribution >= 4 is 38.1 Å². The van der Waals surface area contributed by atoms with Gasteiger partial charge in [-0.25, -0.2) is 22.2 Å². The van der Waals surface area contributed by atoms with Gasteiger partial charge in [0.2, 0.25) is 0 Å². The molecule has 0 bridgehead atoms. The van der Waals surface area contributed by atoms with Crippen molar-refractivity contribution in [2.24, 2.45) is 0 Å². The van der Waals surface area contributed by atoms with E-state index in [4.69, 9.17) is 4.74 Å². The summed E-state index contributed by atoms with van der Waals surface area (Å²) in [4.78, 5) is 18.0. The van der Waals surface area contributed by atoms with Crippen molar-refractivity contribution < 1.29 is 28.2 Å². The molecule has 7 nitrogen and oxygen atoms in total. The Balaban J connectivity index is 0.00000272. The average Bonchev–Trinajstić information content (AvgIpc) is 3.35. The van der Waals surface area contributed by atoms with Crippen molar-refractivity contribution in [3.05, 3.63) is 65.7 Å². The van der Waals surface area contributed by atoms with Gasteiger partial charge >= 0.3 is 0 Å². The minimum absolute atomic E-state index is 0. The molecule has 1 saturated heterocycles. The second kappa shape index (κ2) is 8.00. The molecular formula is C19H17F2N3O4S2. The van der Waals surface area contributed by atoms with Crippen LogP contribution in [0.5, 0.6) is 5.75 Å². The third-order valence-corrected chi connectivity index (χ3v) is 6.60. The lowest BCUT2D eigenvalue weighted by Gasteiger charge is -2.18. The number of anilines is 2. The van der Waals surface area contributed by atoms with Crippen LogP contribution in [-0.4, -0.2) is 32.0 Å². The summed E-state index contributed by atoms with van der Waals surface area (Å²) < 4.78 is 59.6. The van der Waals surface area contributed by atoms with Gasteiger partial charge in [0, 0.05) is 37.7 Å². The van der Waals surface area contributed by atoms with Crippen molar-refractivity contribution in [3.8, 4) is 5.75 Å². The molecule has 1 atom stereocenters. The van der Waals surface area contributed by atoms with Gasteiger partial charge in [-0.1, -0.05) is 0 Å². The number of nitrogens with one attached hydrogen (secondary N) is 1. The molecular weight excluding hydrogens is 436 g/mol. The molecule has 1 aromatic heterocycles. The number of hydrogen-bond acceptors (Lipinski definition) is 6. The number of halogens is 2. The van der Waals surface area contributed by atoms with Crippen LogP contribution in [0.25, 0.3) is 0 Å². The van der Waals surface area contributed by atoms with Gasteiger partial charge in [0.1, 0.15) is 5.82 Å². The third-order valence-electron chi connectivity index (χ3n) is 4.43. The van der Waals surface area contributed by atoms with Crippen LogP contribution < -0.4 is 14.4 Å². The number of carbonyl (C=O) groups is 1. The van der Waals surface area contributed by atoms with Crippen LogP contribution in [0.3, 0.4) is 0 Å². The van der Waals surface area contributed by atoms with Crippen molar-refractivity contribution in [1.82, 2.24) is 4.98 Å². The van der Waals surface area contributed by atoms with Gasteiger partial charge in [-0.2, -0.15) is 0 Å². The second-order valence-electron chi connectivity index (χ2n) is 6.40. The minimum atomic E-state index is -3.80. The number of rotatable bonds is 6. The number of nitrogens with zero attached hydrogens (tertiary/aromatic N) is 2. The van der Waals surface area contributed by atoms with E-state index in [-0.39, 0.29) is 23.6 Å². The highest BCUT2D eigenvalue weighted by Gasteiger charge is 2.35. The van der Waals surface area contributed by atoms with Gasteiger partial charge in [0.05, 0.1) is 4.90 Å². The number of sulfonamides is 1. The highest BCUT2D eigenvalue weighted by Crippen LogP contribution is 2.28. The predicted molar refractivity (Wildman–Crippen MR) is 109 cm³/mol. The molecule has 1 aliphatic rings. The molecule has 11 heteroatoms. The smallest absolute Gasteiger partial charge is 0.268 e. The molecule has 1 N–H and O–H groups in total. The molecule has 0 saturated carbocycles. The Morgan fingerprint density at radius 2 is 1.97 bits per heavy atom. The monoisotopic (exact) mass is 453 g/mol. The molecule has 30 heavy (non-hydrogen) atoms. The maximum absolute atomic E-state index is 13.8. The topological polar surface area (TPSA) is 88.6 Å². The maximum Gasteiger partial charge on any atom is 0.268 e. The molecule has 2 aromatic carbocycles. The largest absolute Gasteiger partial charge is 0.477 e. The lowest BCUT2D eigenvalue weighted by atomic mass is 10.3. The molecule has 0 aliphatic carbocycles. The standard InChI is InChI=1S/C19H15F2N3O4S2.H2/c20-12-1-6-15(21)17(11-12)28-16-7-9-24(18(16)25)13-2-4-14(5-3-13)30(26,27)23-19-22-8-10-29-19;/h1-6,8,10-11,16H,7,9H2,(H,22,23);1H. The van der Waals surface area contributed by atoms with E-state index < -0.39 is 33.7 Å². The van der Waals surface area contributed by atoms with Crippen molar-refractivity contribution in [3.63, 3.8) is 0 Å². The molecule has 2 heterocycles. The molecule has 1 unspecified atom stereocenters. The van der Waals surface area contributed by atoms with Crippen LogP contribution in [0.15, 0.2) is 58.9 Å². The molecule has 0 spiro atoms. The summed E-state index contributed by atoms with van der Waals surface area (Å²) in [6, 6.07) is 8.53. The van der Waals surface area contributed by atoms with Crippen molar-refractivity contribution in [2.75, 3.05) is 16.2 Å². The Kier molecular flexibility index (Phi) is 5.39. The first-order valence-corrected chi connectivity index (χ1v) is 11.2. The Labute approximate surface area is 176 Å². The van der Waals surface area contributed by atoms with Crippen molar-refractivity contribution in [1.29, 1.82) is 0 Å². The van der Waals surface area contributed by atoms with Crippen LogP contribution >= 0.6 is 11.3 Å². The zero-order valence-corrected chi connectivity index (χ0v) is 16.9. The molecule has 4 rings (SSSR count). The Morgan fingerprint density at radius 1 is 1.20 bits per heavy atom. The van der Waals surface area contributed by atoms with E-state index in [9.17, 15) is 22.0 Å². The summed E-state index contributed by atoms with van der Waals surface area (Å²) in [5.74, 6) is -2.18. The third kappa shape index (κ3) is 4.12. The zero-order valence-electron chi connectivity index (χ0n) is 15.3. The number of carbonyl (C=O) groups excluding carboxylic acids is 1. The molecule has 0 radical (unpaired) electrons. The van der Waals surface area contributed by atoms with Crippen LogP contribution in [0.4, 0.5) is 19.6 Å². The first kappa shape index (κ1) is 20.2. The first-order chi connectivity index (χ1) is 14.3. The summed E-state index contributed by atoms with van der Waals surface area (Å²) in [6.07, 6.45) is 0.801.